The summed E-state index contributed by atoms with van der Waals surface area (Å²) in [6, 6.07) is 8.56. The lowest BCUT2D eigenvalue weighted by molar-refractivity contribution is -0.136. The van der Waals surface area contributed by atoms with E-state index in [0.717, 1.165) is 0 Å². The molecule has 0 bridgehead atoms. The van der Waals surface area contributed by atoms with Crippen molar-refractivity contribution in [3.8, 4) is 0 Å². The van der Waals surface area contributed by atoms with Crippen molar-refractivity contribution < 1.29 is 15.1 Å². The number of rotatable bonds is 3. The Hall–Kier alpha value is -1.64. The summed E-state index contributed by atoms with van der Waals surface area (Å²) >= 11 is 0. The number of Topliss-reactive ketones (excluding diaryl/α,β-unsaturated/α-hetero) is 1. The number of amides is 1. The van der Waals surface area contributed by atoms with Crippen LogP contribution in [0.25, 0.3) is 0 Å². The molecule has 3 nitrogen and oxygen atoms in total. The van der Waals surface area contributed by atoms with E-state index in [9.17, 15) is 9.59 Å². The summed E-state index contributed by atoms with van der Waals surface area (Å²) in [5.74, 6) is -2.86. The molecule has 0 fully saturated rings. The first-order valence-electron chi connectivity index (χ1n) is 5.66. The van der Waals surface area contributed by atoms with Crippen LogP contribution in [-0.2, 0) is 16.1 Å². The fraction of sp³-hybridized carbons (Fsp3) is 0.200. The molecule has 0 saturated heterocycles. The van der Waals surface area contributed by atoms with E-state index in [1.165, 1.54) is 0 Å². The van der Waals surface area contributed by atoms with Crippen molar-refractivity contribution in [1.29, 1.82) is 0 Å². The van der Waals surface area contributed by atoms with Gasteiger partial charge in [-0.05, 0) is 5.56 Å². The van der Waals surface area contributed by atoms with Gasteiger partial charge in [0.25, 0.3) is 5.91 Å². The zero-order valence-corrected chi connectivity index (χ0v) is 6.86. The van der Waals surface area contributed by atoms with Gasteiger partial charge in [-0.3, -0.25) is 9.59 Å². The highest BCUT2D eigenvalue weighted by Crippen LogP contribution is 1.96. The van der Waals surface area contributed by atoms with E-state index in [1.54, 1.807) is 30.3 Å². The summed E-state index contributed by atoms with van der Waals surface area (Å²) in [7, 11) is 0. The fourth-order valence-electron chi connectivity index (χ4n) is 0.818. The second kappa shape index (κ2) is 4.40. The van der Waals surface area contributed by atoms with E-state index in [2.05, 4.69) is 0 Å². The van der Waals surface area contributed by atoms with Crippen LogP contribution in [0.2, 0.25) is 1.41 Å². The van der Waals surface area contributed by atoms with Crippen LogP contribution in [0.1, 0.15) is 16.5 Å². The zero-order chi connectivity index (χ0) is 13.1. The second-order valence-corrected chi connectivity index (χ2v) is 2.44. The number of benzene rings is 1. The monoisotopic (exact) mass is 181 g/mol. The smallest absolute Gasteiger partial charge is 0.287 e. The molecule has 0 radical (unpaired) electrons. The minimum atomic E-state index is -2.99. The van der Waals surface area contributed by atoms with Gasteiger partial charge in [-0.15, -0.1) is 0 Å². The predicted octanol–water partition coefficient (Wildman–Crippen LogP) is 0.892. The van der Waals surface area contributed by atoms with Crippen LogP contribution in [0.15, 0.2) is 30.3 Å². The summed E-state index contributed by atoms with van der Waals surface area (Å²) in [6.45, 7) is -3.12. The van der Waals surface area contributed by atoms with Gasteiger partial charge in [-0.25, -0.2) is 0 Å². The topological polar surface area (TPSA) is 46.2 Å². The van der Waals surface area contributed by atoms with Crippen molar-refractivity contribution in [3.05, 3.63) is 35.9 Å². The van der Waals surface area contributed by atoms with E-state index >= 15 is 0 Å². The molecule has 3 heteroatoms. The number of ketones is 1. The normalized spacial score (nSPS) is 14.8. The van der Waals surface area contributed by atoms with E-state index in [0.29, 0.717) is 10.9 Å². The van der Waals surface area contributed by atoms with Crippen molar-refractivity contribution >= 4 is 11.7 Å². The van der Waals surface area contributed by atoms with Crippen LogP contribution in [-0.4, -0.2) is 11.7 Å². The molecule has 1 aromatic rings. The van der Waals surface area contributed by atoms with Gasteiger partial charge >= 0.3 is 0 Å². The Kier molecular flexibility index (Phi) is 1.75. The molecule has 0 spiro atoms. The quantitative estimate of drug-likeness (QED) is 0.704. The second-order valence-electron chi connectivity index (χ2n) is 2.44. The van der Waals surface area contributed by atoms with Crippen molar-refractivity contribution in [2.75, 3.05) is 0 Å². The van der Waals surface area contributed by atoms with Crippen molar-refractivity contribution in [2.24, 2.45) is 0 Å². The van der Waals surface area contributed by atoms with E-state index in [-0.39, 0.29) is 6.54 Å². The molecular formula is C10H11NO2. The summed E-state index contributed by atoms with van der Waals surface area (Å²) in [5.41, 5.74) is 0.647. The summed E-state index contributed by atoms with van der Waals surface area (Å²) in [6.07, 6.45) is 0. The molecule has 13 heavy (non-hydrogen) atoms. The molecule has 1 N–H and O–H groups in total. The van der Waals surface area contributed by atoms with Crippen molar-refractivity contribution in [1.82, 2.24) is 5.31 Å². The van der Waals surface area contributed by atoms with Crippen LogP contribution in [0.4, 0.5) is 0 Å². The number of hydrogen-bond acceptors (Lipinski definition) is 2. The molecule has 0 atom stereocenters. The first-order valence-corrected chi connectivity index (χ1v) is 3.71. The van der Waals surface area contributed by atoms with Crippen molar-refractivity contribution in [3.63, 3.8) is 0 Å². The third kappa shape index (κ3) is 3.07. The standard InChI is InChI=1S/C10H11NO2/c1-8(12)10(13)11-7-9-5-3-2-4-6-9/h2-6H,7H2,1H3,(H,11,13)/i1D3/hD. The first kappa shape index (κ1) is 5.17. The Bertz CT molecular complexity index is 416. The maximum atomic E-state index is 11.3. The molecule has 1 amide bonds. The zero-order valence-electron chi connectivity index (χ0n) is 10.9. The third-order valence-corrected chi connectivity index (χ3v) is 1.44. The van der Waals surface area contributed by atoms with Crippen LogP contribution in [0, 0.1) is 0 Å². The molecule has 0 heterocycles. The predicted molar refractivity (Wildman–Crippen MR) is 49.0 cm³/mol. The lowest BCUT2D eigenvalue weighted by Gasteiger charge is -2.01. The highest BCUT2D eigenvalue weighted by molar-refractivity contribution is 6.35. The average Bonchev–Trinajstić information content (AvgIpc) is 2.27. The van der Waals surface area contributed by atoms with E-state index < -0.39 is 18.5 Å². The van der Waals surface area contributed by atoms with Gasteiger partial charge in [0, 0.05) is 17.5 Å². The maximum Gasteiger partial charge on any atom is 0.287 e. The van der Waals surface area contributed by atoms with Crippen LogP contribution in [0.5, 0.6) is 0 Å². The van der Waals surface area contributed by atoms with E-state index in [4.69, 9.17) is 5.52 Å². The van der Waals surface area contributed by atoms with Gasteiger partial charge in [0.1, 0.15) is 0 Å². The average molecular weight is 181 g/mol. The van der Waals surface area contributed by atoms with Gasteiger partial charge in [-0.1, -0.05) is 30.3 Å². The van der Waals surface area contributed by atoms with Gasteiger partial charge in [0.15, 0.2) is 1.41 Å². The van der Waals surface area contributed by atoms with Crippen LogP contribution >= 0.6 is 0 Å². The number of nitrogens with one attached hydrogen (secondary N) is 1. The Morgan fingerprint density at radius 1 is 1.46 bits per heavy atom. The molecule has 1 rings (SSSR count). The molecule has 0 aliphatic rings. The minimum absolute atomic E-state index is 0.124. The van der Waals surface area contributed by atoms with Crippen LogP contribution in [0.3, 0.4) is 0 Å². The molecule has 1 aromatic carbocycles. The largest absolute Gasteiger partial charge is 0.345 e. The maximum absolute atomic E-state index is 11.3. The molecule has 0 aliphatic carbocycles. The number of hydrogen-bond donors (Lipinski definition) is 1. The molecule has 0 aliphatic heterocycles. The molecule has 0 saturated carbocycles. The van der Waals surface area contributed by atoms with E-state index in [1.807, 2.05) is 0 Å². The molecule has 0 aromatic heterocycles. The summed E-state index contributed by atoms with van der Waals surface area (Å²) in [4.78, 5) is 22.4. The summed E-state index contributed by atoms with van der Waals surface area (Å²) in [5, 5.41) is 0.351. The number of carbonyl (C=O) groups is 2. The highest BCUT2D eigenvalue weighted by atomic mass is 16.2. The van der Waals surface area contributed by atoms with Crippen molar-refractivity contribution in [2.45, 2.75) is 13.4 Å². The molecule has 68 valence electrons. The third-order valence-electron chi connectivity index (χ3n) is 1.44. The van der Waals surface area contributed by atoms with Gasteiger partial charge in [0.2, 0.25) is 5.78 Å². The van der Waals surface area contributed by atoms with Crippen LogP contribution < -0.4 is 5.31 Å². The molecular weight excluding hydrogens is 166 g/mol. The van der Waals surface area contributed by atoms with Gasteiger partial charge in [0.05, 0.1) is 0 Å². The summed E-state index contributed by atoms with van der Waals surface area (Å²) < 4.78 is 27.7. The van der Waals surface area contributed by atoms with Gasteiger partial charge < -0.3 is 5.31 Å². The Balaban J connectivity index is 2.69. The molecule has 0 unspecified atom stereocenters. The Morgan fingerprint density at radius 2 is 2.15 bits per heavy atom. The lowest BCUT2D eigenvalue weighted by atomic mass is 10.2. The lowest BCUT2D eigenvalue weighted by Crippen LogP contribution is -2.28. The Morgan fingerprint density at radius 3 is 2.77 bits per heavy atom. The SMILES string of the molecule is [2H]N(Cc1ccccc1)C(=O)C(=O)C([2H])([2H])[2H]. The fourth-order valence-corrected chi connectivity index (χ4v) is 0.818. The van der Waals surface area contributed by atoms with Gasteiger partial charge in [-0.2, -0.15) is 0 Å². The first-order chi connectivity index (χ1) is 7.82. The minimum Gasteiger partial charge on any atom is -0.345 e. The number of carbonyl (C=O) groups excluding carboxylic acids is 2. The Labute approximate surface area is 82.4 Å². The highest BCUT2D eigenvalue weighted by Gasteiger charge is 2.05.